The number of benzene rings is 2. The number of pyridine rings is 1. The normalized spacial score (nSPS) is 15.1. The van der Waals surface area contributed by atoms with Crippen molar-refractivity contribution in [1.82, 2.24) is 9.29 Å². The Morgan fingerprint density at radius 3 is 2.12 bits per heavy atom. The predicted molar refractivity (Wildman–Crippen MR) is 125 cm³/mol. The summed E-state index contributed by atoms with van der Waals surface area (Å²) in [5.74, 6) is 0.314. The maximum atomic E-state index is 13.4. The molecule has 7 heteroatoms. The lowest BCUT2D eigenvalue weighted by Crippen LogP contribution is -2.32. The first-order valence-corrected chi connectivity index (χ1v) is 12.4. The van der Waals surface area contributed by atoms with Crippen LogP contribution >= 0.6 is 0 Å². The largest absolute Gasteiger partial charge is 0.288 e. The number of nitrogens with zero attached hydrogens (tertiary/aromatic N) is 3. The summed E-state index contributed by atoms with van der Waals surface area (Å²) in [6, 6.07) is 21.4. The Morgan fingerprint density at radius 2 is 1.50 bits per heavy atom. The van der Waals surface area contributed by atoms with E-state index in [2.05, 4.69) is 4.98 Å². The fourth-order valence-electron chi connectivity index (χ4n) is 3.89. The second kappa shape index (κ2) is 10.1. The lowest BCUT2D eigenvalue weighted by Gasteiger charge is -2.23. The van der Waals surface area contributed by atoms with Gasteiger partial charge < -0.3 is 0 Å². The third kappa shape index (κ3) is 5.06. The minimum atomic E-state index is -3.55. The van der Waals surface area contributed by atoms with Crippen molar-refractivity contribution in [3.8, 4) is 0 Å². The average molecular weight is 450 g/mol. The molecule has 0 saturated carbocycles. The summed E-state index contributed by atoms with van der Waals surface area (Å²) in [4.78, 5) is 19.6. The number of sulfonamides is 1. The van der Waals surface area contributed by atoms with Gasteiger partial charge in [-0.05, 0) is 54.8 Å². The van der Waals surface area contributed by atoms with Gasteiger partial charge in [-0.3, -0.25) is 9.69 Å². The summed E-state index contributed by atoms with van der Waals surface area (Å²) in [7, 11) is -3.55. The Balaban J connectivity index is 1.59. The molecule has 1 saturated heterocycles. The number of hydrogen-bond acceptors (Lipinski definition) is 4. The van der Waals surface area contributed by atoms with Gasteiger partial charge in [-0.15, -0.1) is 0 Å². The van der Waals surface area contributed by atoms with E-state index in [4.69, 9.17) is 0 Å². The molecule has 1 aliphatic rings. The quantitative estimate of drug-likeness (QED) is 0.556. The van der Waals surface area contributed by atoms with Gasteiger partial charge in [-0.1, -0.05) is 49.2 Å². The molecular formula is C25H27N3O3S. The summed E-state index contributed by atoms with van der Waals surface area (Å²) < 4.78 is 27.6. The average Bonchev–Trinajstić information content (AvgIpc) is 3.14. The van der Waals surface area contributed by atoms with Crippen LogP contribution in [0.2, 0.25) is 0 Å². The van der Waals surface area contributed by atoms with E-state index in [1.165, 1.54) is 12.1 Å². The number of amides is 1. The smallest absolute Gasteiger partial charge is 0.259 e. The third-order valence-corrected chi connectivity index (χ3v) is 7.57. The zero-order valence-corrected chi connectivity index (χ0v) is 18.7. The molecule has 0 N–H and O–H groups in total. The molecule has 1 aliphatic heterocycles. The van der Waals surface area contributed by atoms with Crippen LogP contribution in [0.5, 0.6) is 0 Å². The Labute approximate surface area is 189 Å². The van der Waals surface area contributed by atoms with E-state index >= 15 is 0 Å². The van der Waals surface area contributed by atoms with Crippen molar-refractivity contribution in [2.75, 3.05) is 18.0 Å². The fourth-order valence-corrected chi connectivity index (χ4v) is 5.41. The zero-order valence-electron chi connectivity index (χ0n) is 17.9. The van der Waals surface area contributed by atoms with E-state index in [0.29, 0.717) is 31.0 Å². The van der Waals surface area contributed by atoms with Crippen LogP contribution in [0.15, 0.2) is 83.9 Å². The standard InChI is InChI=1S/C25H27N3O3S/c29-25(28(24-12-6-7-17-26-24)20-21-10-4-3-5-11-21)22-13-15-23(16-14-22)32(30,31)27-18-8-1-2-9-19-27/h3-7,10-17H,1-2,8-9,18-20H2. The maximum absolute atomic E-state index is 13.4. The molecule has 32 heavy (non-hydrogen) atoms. The Bertz CT molecular complexity index is 1130. The zero-order chi connectivity index (χ0) is 22.4. The molecule has 0 bridgehead atoms. The second-order valence-electron chi connectivity index (χ2n) is 7.91. The predicted octanol–water partition coefficient (Wildman–Crippen LogP) is 4.49. The van der Waals surface area contributed by atoms with Gasteiger partial charge in [0.2, 0.25) is 10.0 Å². The lowest BCUT2D eigenvalue weighted by atomic mass is 10.1. The highest BCUT2D eigenvalue weighted by atomic mass is 32.2. The van der Waals surface area contributed by atoms with Crippen LogP contribution in [0.25, 0.3) is 0 Å². The van der Waals surface area contributed by atoms with Crippen molar-refractivity contribution in [2.45, 2.75) is 37.1 Å². The summed E-state index contributed by atoms with van der Waals surface area (Å²) in [6.07, 6.45) is 5.54. The number of anilines is 1. The van der Waals surface area contributed by atoms with Crippen LogP contribution < -0.4 is 4.90 Å². The number of hydrogen-bond donors (Lipinski definition) is 0. The van der Waals surface area contributed by atoms with Crippen LogP contribution in [0.3, 0.4) is 0 Å². The van der Waals surface area contributed by atoms with Gasteiger partial charge in [0.1, 0.15) is 5.82 Å². The van der Waals surface area contributed by atoms with Crippen molar-refractivity contribution in [1.29, 1.82) is 0 Å². The molecule has 0 radical (unpaired) electrons. The van der Waals surface area contributed by atoms with E-state index in [1.807, 2.05) is 36.4 Å². The third-order valence-electron chi connectivity index (χ3n) is 5.66. The summed E-state index contributed by atoms with van der Waals surface area (Å²) in [6.45, 7) is 1.46. The minimum absolute atomic E-state index is 0.225. The van der Waals surface area contributed by atoms with Gasteiger partial charge in [-0.25, -0.2) is 13.4 Å². The summed E-state index contributed by atoms with van der Waals surface area (Å²) >= 11 is 0. The highest BCUT2D eigenvalue weighted by Gasteiger charge is 2.26. The maximum Gasteiger partial charge on any atom is 0.259 e. The van der Waals surface area contributed by atoms with Crippen molar-refractivity contribution >= 4 is 21.7 Å². The molecule has 2 heterocycles. The number of carbonyl (C=O) groups is 1. The molecule has 4 rings (SSSR count). The molecule has 0 unspecified atom stereocenters. The minimum Gasteiger partial charge on any atom is -0.288 e. The van der Waals surface area contributed by atoms with Crippen LogP contribution in [-0.2, 0) is 16.6 Å². The van der Waals surface area contributed by atoms with E-state index in [-0.39, 0.29) is 10.8 Å². The van der Waals surface area contributed by atoms with Crippen molar-refractivity contribution < 1.29 is 13.2 Å². The van der Waals surface area contributed by atoms with Gasteiger partial charge in [0.05, 0.1) is 11.4 Å². The van der Waals surface area contributed by atoms with E-state index < -0.39 is 10.0 Å². The summed E-state index contributed by atoms with van der Waals surface area (Å²) in [5.41, 5.74) is 1.40. The Hall–Kier alpha value is -3.03. The highest BCUT2D eigenvalue weighted by molar-refractivity contribution is 7.89. The number of carbonyl (C=O) groups excluding carboxylic acids is 1. The van der Waals surface area contributed by atoms with E-state index in [0.717, 1.165) is 31.2 Å². The molecule has 0 aliphatic carbocycles. The van der Waals surface area contributed by atoms with Crippen LogP contribution in [0, 0.1) is 0 Å². The van der Waals surface area contributed by atoms with Gasteiger partial charge in [-0.2, -0.15) is 4.31 Å². The van der Waals surface area contributed by atoms with Gasteiger partial charge in [0.15, 0.2) is 0 Å². The molecule has 3 aromatic rings. The van der Waals surface area contributed by atoms with Crippen LogP contribution in [-0.4, -0.2) is 36.7 Å². The second-order valence-corrected chi connectivity index (χ2v) is 9.85. The Morgan fingerprint density at radius 1 is 0.844 bits per heavy atom. The molecule has 1 fully saturated rings. The van der Waals surface area contributed by atoms with E-state index in [1.54, 1.807) is 39.7 Å². The fraction of sp³-hybridized carbons (Fsp3) is 0.280. The first kappa shape index (κ1) is 22.2. The number of rotatable bonds is 6. The van der Waals surface area contributed by atoms with Gasteiger partial charge in [0.25, 0.3) is 5.91 Å². The van der Waals surface area contributed by atoms with Gasteiger partial charge in [0, 0.05) is 24.8 Å². The molecule has 0 spiro atoms. The molecule has 0 atom stereocenters. The van der Waals surface area contributed by atoms with Crippen LogP contribution in [0.1, 0.15) is 41.6 Å². The topological polar surface area (TPSA) is 70.6 Å². The lowest BCUT2D eigenvalue weighted by molar-refractivity contribution is 0.0984. The molecule has 2 aromatic carbocycles. The van der Waals surface area contributed by atoms with Crippen molar-refractivity contribution in [2.24, 2.45) is 0 Å². The summed E-state index contributed by atoms with van der Waals surface area (Å²) in [5, 5.41) is 0. The molecule has 6 nitrogen and oxygen atoms in total. The van der Waals surface area contributed by atoms with Gasteiger partial charge >= 0.3 is 0 Å². The molecule has 166 valence electrons. The Kier molecular flexibility index (Phi) is 6.97. The SMILES string of the molecule is O=C(c1ccc(S(=O)(=O)N2CCCCCC2)cc1)N(Cc1ccccc1)c1ccccn1. The van der Waals surface area contributed by atoms with Crippen LogP contribution in [0.4, 0.5) is 5.82 Å². The van der Waals surface area contributed by atoms with E-state index in [9.17, 15) is 13.2 Å². The van der Waals surface area contributed by atoms with Crippen molar-refractivity contribution in [3.63, 3.8) is 0 Å². The van der Waals surface area contributed by atoms with Crippen molar-refractivity contribution in [3.05, 3.63) is 90.1 Å². The molecule has 1 amide bonds. The first-order valence-electron chi connectivity index (χ1n) is 10.9. The molecular weight excluding hydrogens is 422 g/mol. The monoisotopic (exact) mass is 449 g/mol. The molecule has 1 aromatic heterocycles. The highest BCUT2D eigenvalue weighted by Crippen LogP contribution is 2.22. The first-order chi connectivity index (χ1) is 15.6. The number of aromatic nitrogens is 1.